The molecule has 2 aliphatic rings. The van der Waals surface area contributed by atoms with Crippen LogP contribution in [0.25, 0.3) is 0 Å². The number of hydrogen-bond acceptors (Lipinski definition) is 3. The van der Waals surface area contributed by atoms with Crippen LogP contribution in [-0.2, 0) is 0 Å². The van der Waals surface area contributed by atoms with Crippen LogP contribution < -0.4 is 10.5 Å². The maximum Gasteiger partial charge on any atom is 0.124 e. The average Bonchev–Trinajstić information content (AvgIpc) is 2.64. The Morgan fingerprint density at radius 2 is 2.24 bits per heavy atom. The lowest BCUT2D eigenvalue weighted by atomic mass is 9.82. The van der Waals surface area contributed by atoms with E-state index < -0.39 is 0 Å². The zero-order valence-electron chi connectivity index (χ0n) is 12.8. The Balaban J connectivity index is 1.79. The van der Waals surface area contributed by atoms with Crippen molar-refractivity contribution in [3.05, 3.63) is 28.2 Å². The SMILES string of the molecule is CCCN1CCCC2(CC1)C[C@H](N)c1cc(Br)ccc1O2. The highest BCUT2D eigenvalue weighted by atomic mass is 79.9. The molecule has 1 aromatic rings. The molecule has 0 amide bonds. The van der Waals surface area contributed by atoms with E-state index >= 15 is 0 Å². The highest BCUT2D eigenvalue weighted by Gasteiger charge is 2.40. The largest absolute Gasteiger partial charge is 0.487 e. The van der Waals surface area contributed by atoms with Crippen molar-refractivity contribution in [3.63, 3.8) is 0 Å². The van der Waals surface area contributed by atoms with Gasteiger partial charge in [0.1, 0.15) is 11.4 Å². The molecular weight excluding hydrogens is 328 g/mol. The molecule has 0 radical (unpaired) electrons. The molecule has 2 atom stereocenters. The van der Waals surface area contributed by atoms with Gasteiger partial charge in [0.15, 0.2) is 0 Å². The van der Waals surface area contributed by atoms with Gasteiger partial charge in [-0.3, -0.25) is 0 Å². The molecule has 3 nitrogen and oxygen atoms in total. The van der Waals surface area contributed by atoms with E-state index in [1.54, 1.807) is 0 Å². The smallest absolute Gasteiger partial charge is 0.124 e. The van der Waals surface area contributed by atoms with Crippen LogP contribution in [0.5, 0.6) is 5.75 Å². The minimum atomic E-state index is -0.0528. The van der Waals surface area contributed by atoms with Gasteiger partial charge in [-0.2, -0.15) is 0 Å². The number of nitrogens with two attached hydrogens (primary N) is 1. The number of rotatable bonds is 2. The molecule has 1 fully saturated rings. The standard InChI is InChI=1S/C17H25BrN2O/c1-2-8-20-9-3-6-17(7-10-20)12-15(19)14-11-13(18)4-5-16(14)21-17/h4-5,11,15H,2-3,6-10,12,19H2,1H3/t15-,17?/m0/s1. The summed E-state index contributed by atoms with van der Waals surface area (Å²) in [6.45, 7) is 5.78. The van der Waals surface area contributed by atoms with E-state index in [0.717, 1.165) is 41.6 Å². The molecule has 4 heteroatoms. The molecule has 1 unspecified atom stereocenters. The summed E-state index contributed by atoms with van der Waals surface area (Å²) in [7, 11) is 0. The summed E-state index contributed by atoms with van der Waals surface area (Å²) >= 11 is 3.53. The Hall–Kier alpha value is -0.580. The Kier molecular flexibility index (Phi) is 4.57. The second kappa shape index (κ2) is 6.27. The van der Waals surface area contributed by atoms with E-state index in [4.69, 9.17) is 10.5 Å². The molecule has 1 saturated heterocycles. The van der Waals surface area contributed by atoms with Crippen molar-refractivity contribution in [2.45, 2.75) is 50.7 Å². The van der Waals surface area contributed by atoms with Gasteiger partial charge in [0.05, 0.1) is 0 Å². The quantitative estimate of drug-likeness (QED) is 0.877. The minimum Gasteiger partial charge on any atom is -0.487 e. The van der Waals surface area contributed by atoms with E-state index in [0.29, 0.717) is 0 Å². The molecule has 21 heavy (non-hydrogen) atoms. The number of fused-ring (bicyclic) bond motifs is 1. The molecule has 2 N–H and O–H groups in total. The van der Waals surface area contributed by atoms with Crippen LogP contribution in [0.1, 0.15) is 50.6 Å². The van der Waals surface area contributed by atoms with Crippen LogP contribution in [0.4, 0.5) is 0 Å². The highest BCUT2D eigenvalue weighted by Crippen LogP contribution is 2.44. The van der Waals surface area contributed by atoms with Gasteiger partial charge in [-0.15, -0.1) is 0 Å². The second-order valence-corrected chi connectivity index (χ2v) is 7.39. The fraction of sp³-hybridized carbons (Fsp3) is 0.647. The number of benzene rings is 1. The van der Waals surface area contributed by atoms with E-state index in [9.17, 15) is 0 Å². The molecule has 0 aliphatic carbocycles. The summed E-state index contributed by atoms with van der Waals surface area (Å²) < 4.78 is 7.54. The molecule has 1 spiro atoms. The third-order valence-corrected chi connectivity index (χ3v) is 5.31. The normalized spacial score (nSPS) is 29.8. The molecule has 0 saturated carbocycles. The number of ether oxygens (including phenoxy) is 1. The molecule has 1 aromatic carbocycles. The highest BCUT2D eigenvalue weighted by molar-refractivity contribution is 9.10. The number of nitrogens with zero attached hydrogens (tertiary/aromatic N) is 1. The Labute approximate surface area is 136 Å². The number of halogens is 1. The van der Waals surface area contributed by atoms with Crippen molar-refractivity contribution >= 4 is 15.9 Å². The van der Waals surface area contributed by atoms with E-state index in [1.807, 2.05) is 6.07 Å². The van der Waals surface area contributed by atoms with E-state index in [1.165, 1.54) is 25.9 Å². The van der Waals surface area contributed by atoms with Crippen molar-refractivity contribution in [1.29, 1.82) is 0 Å². The van der Waals surface area contributed by atoms with Crippen LogP contribution >= 0.6 is 15.9 Å². The topological polar surface area (TPSA) is 38.5 Å². The lowest BCUT2D eigenvalue weighted by Crippen LogP contribution is -2.43. The zero-order chi connectivity index (χ0) is 14.9. The summed E-state index contributed by atoms with van der Waals surface area (Å²) in [6, 6.07) is 6.30. The first-order chi connectivity index (χ1) is 10.1. The fourth-order valence-corrected chi connectivity index (χ4v) is 4.14. The maximum atomic E-state index is 6.46. The van der Waals surface area contributed by atoms with Gasteiger partial charge in [-0.05, 0) is 57.0 Å². The molecule has 0 aromatic heterocycles. The zero-order valence-corrected chi connectivity index (χ0v) is 14.4. The molecule has 2 heterocycles. The first-order valence-corrected chi connectivity index (χ1v) is 8.87. The second-order valence-electron chi connectivity index (χ2n) is 6.47. The predicted octanol–water partition coefficient (Wildman–Crippen LogP) is 3.87. The summed E-state index contributed by atoms with van der Waals surface area (Å²) in [4.78, 5) is 2.57. The molecule has 116 valence electrons. The van der Waals surface area contributed by atoms with Gasteiger partial charge in [0.2, 0.25) is 0 Å². The van der Waals surface area contributed by atoms with Gasteiger partial charge < -0.3 is 15.4 Å². The summed E-state index contributed by atoms with van der Waals surface area (Å²) in [5.41, 5.74) is 7.54. The maximum absolute atomic E-state index is 6.46. The van der Waals surface area contributed by atoms with Gasteiger partial charge >= 0.3 is 0 Å². The van der Waals surface area contributed by atoms with Gasteiger partial charge in [-0.1, -0.05) is 22.9 Å². The van der Waals surface area contributed by atoms with Gasteiger partial charge in [0, 0.05) is 29.0 Å². The van der Waals surface area contributed by atoms with Crippen LogP contribution in [0, 0.1) is 0 Å². The fourth-order valence-electron chi connectivity index (χ4n) is 3.76. The monoisotopic (exact) mass is 352 g/mol. The van der Waals surface area contributed by atoms with E-state index in [2.05, 4.69) is 39.9 Å². The lowest BCUT2D eigenvalue weighted by Gasteiger charge is -2.41. The third kappa shape index (κ3) is 3.27. The van der Waals surface area contributed by atoms with Crippen LogP contribution in [0.2, 0.25) is 0 Å². The van der Waals surface area contributed by atoms with E-state index in [-0.39, 0.29) is 11.6 Å². The molecule has 3 rings (SSSR count). The average molecular weight is 353 g/mol. The molecule has 0 bridgehead atoms. The number of hydrogen-bond donors (Lipinski definition) is 1. The summed E-state index contributed by atoms with van der Waals surface area (Å²) in [6.07, 6.45) is 5.59. The number of likely N-dealkylation sites (tertiary alicyclic amines) is 1. The van der Waals surface area contributed by atoms with Crippen molar-refractivity contribution in [2.75, 3.05) is 19.6 Å². The van der Waals surface area contributed by atoms with Crippen molar-refractivity contribution in [1.82, 2.24) is 4.90 Å². The van der Waals surface area contributed by atoms with Gasteiger partial charge in [0.25, 0.3) is 0 Å². The van der Waals surface area contributed by atoms with Crippen LogP contribution in [0.3, 0.4) is 0 Å². The third-order valence-electron chi connectivity index (χ3n) is 4.82. The van der Waals surface area contributed by atoms with Crippen LogP contribution in [-0.4, -0.2) is 30.1 Å². The Bertz CT molecular complexity index is 508. The Morgan fingerprint density at radius 1 is 1.38 bits per heavy atom. The summed E-state index contributed by atoms with van der Waals surface area (Å²) in [5, 5.41) is 0. The first-order valence-electron chi connectivity index (χ1n) is 8.08. The summed E-state index contributed by atoms with van der Waals surface area (Å²) in [5.74, 6) is 0.987. The Morgan fingerprint density at radius 3 is 3.05 bits per heavy atom. The lowest BCUT2D eigenvalue weighted by molar-refractivity contribution is 0.0218. The van der Waals surface area contributed by atoms with Crippen molar-refractivity contribution < 1.29 is 4.74 Å². The van der Waals surface area contributed by atoms with Gasteiger partial charge in [-0.25, -0.2) is 0 Å². The van der Waals surface area contributed by atoms with Crippen molar-refractivity contribution in [2.24, 2.45) is 5.73 Å². The predicted molar refractivity (Wildman–Crippen MR) is 89.6 cm³/mol. The van der Waals surface area contributed by atoms with Crippen molar-refractivity contribution in [3.8, 4) is 5.75 Å². The molecule has 2 aliphatic heterocycles. The first kappa shape index (κ1) is 15.3. The molecular formula is C17H25BrN2O. The van der Waals surface area contributed by atoms with Crippen LogP contribution in [0.15, 0.2) is 22.7 Å². The minimum absolute atomic E-state index is 0.0528.